The molecule has 1 aromatic rings. The van der Waals surface area contributed by atoms with Gasteiger partial charge >= 0.3 is 24.3 Å². The summed E-state index contributed by atoms with van der Waals surface area (Å²) in [5, 5.41) is 17.5. The van der Waals surface area contributed by atoms with Crippen molar-refractivity contribution in [2.75, 3.05) is 6.61 Å². The molecule has 0 aliphatic rings. The molecule has 20 heavy (non-hydrogen) atoms. The van der Waals surface area contributed by atoms with Crippen LogP contribution in [0.3, 0.4) is 0 Å². The highest BCUT2D eigenvalue weighted by Gasteiger charge is 2.41. The zero-order chi connectivity index (χ0) is 15.5. The molecule has 0 bridgehead atoms. The predicted molar refractivity (Wildman–Crippen MR) is 56.8 cm³/mol. The number of aromatic carboxylic acids is 2. The summed E-state index contributed by atoms with van der Waals surface area (Å²) in [5.74, 6) is -8.00. The van der Waals surface area contributed by atoms with Crippen molar-refractivity contribution in [3.05, 3.63) is 29.3 Å². The number of alkyl halides is 4. The van der Waals surface area contributed by atoms with Gasteiger partial charge in [0.25, 0.3) is 0 Å². The minimum atomic E-state index is -4.39. The monoisotopic (exact) mass is 296 g/mol. The number of hydrogen-bond donors (Lipinski definition) is 2. The second kappa shape index (κ2) is 5.76. The molecule has 0 saturated heterocycles. The van der Waals surface area contributed by atoms with Gasteiger partial charge < -0.3 is 14.9 Å². The number of rotatable bonds is 6. The van der Waals surface area contributed by atoms with Gasteiger partial charge in [-0.1, -0.05) is 0 Å². The molecular weight excluding hydrogens is 288 g/mol. The molecule has 2 N–H and O–H groups in total. The van der Waals surface area contributed by atoms with E-state index in [2.05, 4.69) is 4.74 Å². The number of carbonyl (C=O) groups is 2. The molecule has 0 saturated carbocycles. The van der Waals surface area contributed by atoms with Gasteiger partial charge in [0.15, 0.2) is 6.61 Å². The lowest BCUT2D eigenvalue weighted by Gasteiger charge is -2.16. The Balaban J connectivity index is 2.96. The third-order valence-electron chi connectivity index (χ3n) is 2.20. The van der Waals surface area contributed by atoms with Crippen molar-refractivity contribution >= 4 is 11.9 Å². The first kappa shape index (κ1) is 15.7. The predicted octanol–water partition coefficient (Wildman–Crippen LogP) is 2.36. The van der Waals surface area contributed by atoms with E-state index in [9.17, 15) is 27.2 Å². The Kier molecular flexibility index (Phi) is 4.53. The van der Waals surface area contributed by atoms with E-state index in [1.54, 1.807) is 0 Å². The molecule has 0 aliphatic heterocycles. The third-order valence-corrected chi connectivity index (χ3v) is 2.20. The van der Waals surface area contributed by atoms with E-state index in [4.69, 9.17) is 10.2 Å². The van der Waals surface area contributed by atoms with Crippen LogP contribution in [0.2, 0.25) is 0 Å². The van der Waals surface area contributed by atoms with Gasteiger partial charge in [0.2, 0.25) is 0 Å². The van der Waals surface area contributed by atoms with Crippen LogP contribution in [0.5, 0.6) is 5.75 Å². The molecule has 0 spiro atoms. The second-order valence-corrected chi connectivity index (χ2v) is 3.67. The maximum atomic E-state index is 12.6. The van der Waals surface area contributed by atoms with E-state index in [1.165, 1.54) is 0 Å². The van der Waals surface area contributed by atoms with E-state index in [0.717, 1.165) is 12.1 Å². The molecule has 0 aliphatic carbocycles. The van der Waals surface area contributed by atoms with Crippen LogP contribution in [-0.2, 0) is 0 Å². The van der Waals surface area contributed by atoms with Gasteiger partial charge in [0.05, 0.1) is 11.1 Å². The zero-order valence-corrected chi connectivity index (χ0v) is 9.65. The van der Waals surface area contributed by atoms with Crippen LogP contribution in [-0.4, -0.2) is 41.1 Å². The largest absolute Gasteiger partial charge is 0.487 e. The van der Waals surface area contributed by atoms with Crippen LogP contribution in [0, 0.1) is 0 Å². The summed E-state index contributed by atoms with van der Waals surface area (Å²) in [7, 11) is 0. The standard InChI is InChI=1S/C11H8F4O5/c12-10(13)11(14,15)4-20-5-1-2-6(8(16)17)7(3-5)9(18)19/h1-3,10H,4H2,(H,16,17)(H,18,19). The fraction of sp³-hybridized carbons (Fsp3) is 0.273. The molecular formula is C11H8F4O5. The van der Waals surface area contributed by atoms with Crippen LogP contribution in [0.15, 0.2) is 18.2 Å². The molecule has 0 unspecified atom stereocenters. The average Bonchev–Trinajstić information content (AvgIpc) is 2.35. The smallest absolute Gasteiger partial charge is 0.340 e. The molecule has 1 aromatic carbocycles. The first-order valence-corrected chi connectivity index (χ1v) is 5.04. The fourth-order valence-electron chi connectivity index (χ4n) is 1.22. The third kappa shape index (κ3) is 3.59. The Hall–Kier alpha value is -2.32. The lowest BCUT2D eigenvalue weighted by atomic mass is 10.1. The summed E-state index contributed by atoms with van der Waals surface area (Å²) >= 11 is 0. The highest BCUT2D eigenvalue weighted by atomic mass is 19.3. The zero-order valence-electron chi connectivity index (χ0n) is 9.65. The van der Waals surface area contributed by atoms with Gasteiger partial charge in [-0.25, -0.2) is 18.4 Å². The minimum Gasteiger partial charge on any atom is -0.487 e. The van der Waals surface area contributed by atoms with Gasteiger partial charge in [0, 0.05) is 0 Å². The molecule has 0 amide bonds. The Morgan fingerprint density at radius 3 is 2.15 bits per heavy atom. The number of ether oxygens (including phenoxy) is 1. The Labute approximate surface area is 109 Å². The normalized spacial score (nSPS) is 11.4. The van der Waals surface area contributed by atoms with Gasteiger partial charge in [-0.2, -0.15) is 8.78 Å². The van der Waals surface area contributed by atoms with Crippen molar-refractivity contribution in [3.63, 3.8) is 0 Å². The fourth-order valence-corrected chi connectivity index (χ4v) is 1.22. The maximum Gasteiger partial charge on any atom is 0.340 e. The molecule has 0 atom stereocenters. The van der Waals surface area contributed by atoms with Crippen LogP contribution >= 0.6 is 0 Å². The SMILES string of the molecule is O=C(O)c1ccc(OCC(F)(F)C(F)F)cc1C(=O)O. The van der Waals surface area contributed by atoms with Crippen LogP contribution < -0.4 is 4.74 Å². The number of hydrogen-bond acceptors (Lipinski definition) is 3. The highest BCUT2D eigenvalue weighted by molar-refractivity contribution is 6.01. The summed E-state index contributed by atoms with van der Waals surface area (Å²) in [6.45, 7) is -1.66. The second-order valence-electron chi connectivity index (χ2n) is 3.67. The lowest BCUT2D eigenvalue weighted by molar-refractivity contribution is -0.148. The molecule has 1 rings (SSSR count). The summed E-state index contributed by atoms with van der Waals surface area (Å²) in [6.07, 6.45) is -3.93. The van der Waals surface area contributed by atoms with E-state index < -0.39 is 47.8 Å². The molecule has 0 aromatic heterocycles. The van der Waals surface area contributed by atoms with Crippen molar-refractivity contribution in [3.8, 4) is 5.75 Å². The van der Waals surface area contributed by atoms with E-state index >= 15 is 0 Å². The van der Waals surface area contributed by atoms with Crippen LogP contribution in [0.1, 0.15) is 20.7 Å². The lowest BCUT2D eigenvalue weighted by Crippen LogP contribution is -2.33. The molecule has 0 fully saturated rings. The number of halogens is 4. The van der Waals surface area contributed by atoms with E-state index in [1.807, 2.05) is 0 Å². The maximum absolute atomic E-state index is 12.6. The molecule has 0 radical (unpaired) electrons. The first-order valence-electron chi connectivity index (χ1n) is 5.04. The van der Waals surface area contributed by atoms with Crippen LogP contribution in [0.4, 0.5) is 17.6 Å². The minimum absolute atomic E-state index is 0.451. The quantitative estimate of drug-likeness (QED) is 0.787. The number of carboxylic acids is 2. The number of carboxylic acid groups (broad SMARTS) is 2. The van der Waals surface area contributed by atoms with Crippen molar-refractivity contribution < 1.29 is 42.1 Å². The Morgan fingerprint density at radius 1 is 1.15 bits per heavy atom. The van der Waals surface area contributed by atoms with E-state index in [0.29, 0.717) is 6.07 Å². The van der Waals surface area contributed by atoms with Gasteiger partial charge in [-0.3, -0.25) is 0 Å². The van der Waals surface area contributed by atoms with Crippen molar-refractivity contribution in [1.82, 2.24) is 0 Å². The van der Waals surface area contributed by atoms with E-state index in [-0.39, 0.29) is 0 Å². The summed E-state index contributed by atoms with van der Waals surface area (Å²) in [4.78, 5) is 21.5. The van der Waals surface area contributed by atoms with Crippen molar-refractivity contribution in [2.45, 2.75) is 12.3 Å². The molecule has 5 nitrogen and oxygen atoms in total. The van der Waals surface area contributed by atoms with Crippen molar-refractivity contribution in [1.29, 1.82) is 0 Å². The average molecular weight is 296 g/mol. The Bertz CT molecular complexity index is 530. The highest BCUT2D eigenvalue weighted by Crippen LogP contribution is 2.25. The van der Waals surface area contributed by atoms with Gasteiger partial charge in [-0.15, -0.1) is 0 Å². The first-order chi connectivity index (χ1) is 9.15. The Morgan fingerprint density at radius 2 is 1.70 bits per heavy atom. The number of benzene rings is 1. The van der Waals surface area contributed by atoms with Gasteiger partial charge in [-0.05, 0) is 18.2 Å². The summed E-state index contributed by atoms with van der Waals surface area (Å²) in [5.41, 5.74) is -1.28. The topological polar surface area (TPSA) is 83.8 Å². The summed E-state index contributed by atoms with van der Waals surface area (Å²) < 4.78 is 53.4. The molecule has 0 heterocycles. The molecule has 110 valence electrons. The van der Waals surface area contributed by atoms with Crippen LogP contribution in [0.25, 0.3) is 0 Å². The van der Waals surface area contributed by atoms with Gasteiger partial charge in [0.1, 0.15) is 5.75 Å². The van der Waals surface area contributed by atoms with Crippen molar-refractivity contribution in [2.24, 2.45) is 0 Å². The molecule has 9 heteroatoms. The summed E-state index contributed by atoms with van der Waals surface area (Å²) in [6, 6.07) is 2.40.